The minimum Gasteiger partial charge on any atom is -0.484 e. The van der Waals surface area contributed by atoms with Crippen LogP contribution in [-0.2, 0) is 4.79 Å². The number of benzene rings is 2. The lowest BCUT2D eigenvalue weighted by Crippen LogP contribution is -2.20. The first-order valence-corrected chi connectivity index (χ1v) is 8.80. The Balaban J connectivity index is 1.55. The summed E-state index contributed by atoms with van der Waals surface area (Å²) in [7, 11) is 0. The number of nitrogens with zero attached hydrogens (tertiary/aromatic N) is 2. The molecule has 8 heteroatoms. The second-order valence-electron chi connectivity index (χ2n) is 6.34. The Kier molecular flexibility index (Phi) is 6.03. The van der Waals surface area contributed by atoms with Crippen LogP contribution in [0.15, 0.2) is 53.1 Å². The second kappa shape index (κ2) is 8.83. The summed E-state index contributed by atoms with van der Waals surface area (Å²) >= 11 is 0. The second-order valence-corrected chi connectivity index (χ2v) is 6.34. The minimum absolute atomic E-state index is 0.0839. The van der Waals surface area contributed by atoms with Gasteiger partial charge in [-0.3, -0.25) is 14.9 Å². The maximum absolute atomic E-state index is 12.0. The third kappa shape index (κ3) is 5.29. The smallest absolute Gasteiger partial charge is 0.338 e. The van der Waals surface area contributed by atoms with E-state index < -0.39 is 4.92 Å². The van der Waals surface area contributed by atoms with Crippen molar-refractivity contribution >= 4 is 29.4 Å². The highest BCUT2D eigenvalue weighted by molar-refractivity contribution is 5.91. The van der Waals surface area contributed by atoms with Crippen LogP contribution in [0.2, 0.25) is 0 Å². The highest BCUT2D eigenvalue weighted by atomic mass is 16.6. The Morgan fingerprint density at radius 2 is 1.83 bits per heavy atom. The van der Waals surface area contributed by atoms with Crippen LogP contribution in [-0.4, -0.2) is 22.6 Å². The molecule has 148 valence electrons. The molecule has 3 rings (SSSR count). The van der Waals surface area contributed by atoms with Gasteiger partial charge in [-0.25, -0.2) is 0 Å². The van der Waals surface area contributed by atoms with Crippen LogP contribution in [0.25, 0.3) is 12.2 Å². The number of carbonyl (C=O) groups is 1. The predicted molar refractivity (Wildman–Crippen MR) is 109 cm³/mol. The molecule has 0 aliphatic carbocycles. The monoisotopic (exact) mass is 393 g/mol. The van der Waals surface area contributed by atoms with Crippen molar-refractivity contribution in [1.82, 2.24) is 5.16 Å². The van der Waals surface area contributed by atoms with Gasteiger partial charge in [0.25, 0.3) is 5.91 Å². The standard InChI is InChI=1S/C21H19N3O5/c1-14-3-8-17(9-4-14)22-20(25)13-28-18-10-5-16(6-11-18)7-12-19-21(24(26)27)15(2)23-29-19/h3-12H,13H2,1-2H3,(H,22,25)/b12-7-. The molecule has 0 saturated carbocycles. The lowest BCUT2D eigenvalue weighted by molar-refractivity contribution is -0.386. The fourth-order valence-corrected chi connectivity index (χ4v) is 2.54. The fourth-order valence-electron chi connectivity index (χ4n) is 2.54. The van der Waals surface area contributed by atoms with Crippen LogP contribution in [0.3, 0.4) is 0 Å². The Morgan fingerprint density at radius 1 is 1.14 bits per heavy atom. The summed E-state index contributed by atoms with van der Waals surface area (Å²) in [6.45, 7) is 3.37. The Labute approximate surface area is 166 Å². The molecule has 1 N–H and O–H groups in total. The molecule has 2 aromatic carbocycles. The number of carbonyl (C=O) groups excluding carboxylic acids is 1. The maximum atomic E-state index is 12.0. The van der Waals surface area contributed by atoms with E-state index in [0.717, 1.165) is 11.1 Å². The molecule has 0 fully saturated rings. The number of ether oxygens (including phenoxy) is 1. The molecular formula is C21H19N3O5. The minimum atomic E-state index is -0.524. The van der Waals surface area contributed by atoms with E-state index in [1.807, 2.05) is 31.2 Å². The van der Waals surface area contributed by atoms with Gasteiger partial charge in [0.2, 0.25) is 5.76 Å². The lowest BCUT2D eigenvalue weighted by Gasteiger charge is -2.08. The van der Waals surface area contributed by atoms with E-state index in [1.165, 1.54) is 13.0 Å². The average molecular weight is 393 g/mol. The third-order valence-electron chi connectivity index (χ3n) is 4.05. The van der Waals surface area contributed by atoms with Crippen LogP contribution in [0.1, 0.15) is 22.6 Å². The average Bonchev–Trinajstić information content (AvgIpc) is 3.08. The van der Waals surface area contributed by atoms with Gasteiger partial charge in [0.15, 0.2) is 12.3 Å². The molecule has 29 heavy (non-hydrogen) atoms. The molecule has 0 radical (unpaired) electrons. The number of hydrogen-bond donors (Lipinski definition) is 1. The largest absolute Gasteiger partial charge is 0.484 e. The summed E-state index contributed by atoms with van der Waals surface area (Å²) in [5.74, 6) is 0.356. The van der Waals surface area contributed by atoms with Crippen LogP contribution in [0.4, 0.5) is 11.4 Å². The molecule has 1 aromatic heterocycles. The van der Waals surface area contributed by atoms with E-state index in [2.05, 4.69) is 10.5 Å². The van der Waals surface area contributed by atoms with Crippen molar-refractivity contribution in [2.24, 2.45) is 0 Å². The Hall–Kier alpha value is -3.94. The summed E-state index contributed by atoms with van der Waals surface area (Å²) in [6.07, 6.45) is 3.16. The molecular weight excluding hydrogens is 374 g/mol. The van der Waals surface area contributed by atoms with Crippen LogP contribution in [0.5, 0.6) is 5.75 Å². The molecule has 0 saturated heterocycles. The molecule has 0 atom stereocenters. The van der Waals surface area contributed by atoms with Gasteiger partial charge in [-0.2, -0.15) is 0 Å². The summed E-state index contributed by atoms with van der Waals surface area (Å²) in [6, 6.07) is 14.4. The number of nitro groups is 1. The van der Waals surface area contributed by atoms with Gasteiger partial charge >= 0.3 is 5.69 Å². The van der Waals surface area contributed by atoms with E-state index in [1.54, 1.807) is 30.3 Å². The molecule has 0 aliphatic heterocycles. The first kappa shape index (κ1) is 19.8. The van der Waals surface area contributed by atoms with E-state index in [-0.39, 0.29) is 29.7 Å². The first-order chi connectivity index (χ1) is 13.9. The molecule has 0 unspecified atom stereocenters. The number of aryl methyl sites for hydroxylation is 2. The van der Waals surface area contributed by atoms with E-state index in [9.17, 15) is 14.9 Å². The van der Waals surface area contributed by atoms with Crippen molar-refractivity contribution in [2.45, 2.75) is 13.8 Å². The maximum Gasteiger partial charge on any atom is 0.338 e. The van der Waals surface area contributed by atoms with Gasteiger partial charge in [0.05, 0.1) is 4.92 Å². The van der Waals surface area contributed by atoms with Crippen molar-refractivity contribution < 1.29 is 19.0 Å². The topological polar surface area (TPSA) is 108 Å². The fraction of sp³-hybridized carbons (Fsp3) is 0.143. The van der Waals surface area contributed by atoms with E-state index >= 15 is 0 Å². The highest BCUT2D eigenvalue weighted by Gasteiger charge is 2.21. The first-order valence-electron chi connectivity index (χ1n) is 8.80. The van der Waals surface area contributed by atoms with Crippen molar-refractivity contribution in [2.75, 3.05) is 11.9 Å². The number of nitrogens with one attached hydrogen (secondary N) is 1. The van der Waals surface area contributed by atoms with Gasteiger partial charge in [0, 0.05) is 5.69 Å². The Morgan fingerprint density at radius 3 is 2.48 bits per heavy atom. The van der Waals surface area contributed by atoms with Crippen LogP contribution < -0.4 is 10.1 Å². The van der Waals surface area contributed by atoms with Crippen LogP contribution in [0, 0.1) is 24.0 Å². The van der Waals surface area contributed by atoms with Gasteiger partial charge < -0.3 is 14.6 Å². The third-order valence-corrected chi connectivity index (χ3v) is 4.05. The lowest BCUT2D eigenvalue weighted by atomic mass is 10.2. The van der Waals surface area contributed by atoms with Crippen molar-refractivity contribution in [3.63, 3.8) is 0 Å². The van der Waals surface area contributed by atoms with Crippen LogP contribution >= 0.6 is 0 Å². The number of amides is 1. The SMILES string of the molecule is Cc1ccc(NC(=O)COc2ccc(/C=C\c3onc(C)c3[N+](=O)[O-])cc2)cc1. The predicted octanol–water partition coefficient (Wildman–Crippen LogP) is 4.39. The molecule has 1 amide bonds. The molecule has 8 nitrogen and oxygen atoms in total. The number of anilines is 1. The van der Waals surface area contributed by atoms with Gasteiger partial charge in [0.1, 0.15) is 5.75 Å². The molecule has 3 aromatic rings. The zero-order chi connectivity index (χ0) is 20.8. The van der Waals surface area contributed by atoms with Gasteiger partial charge in [-0.05, 0) is 49.8 Å². The normalized spacial score (nSPS) is 10.8. The van der Waals surface area contributed by atoms with Gasteiger partial charge in [-0.1, -0.05) is 41.1 Å². The summed E-state index contributed by atoms with van der Waals surface area (Å²) < 4.78 is 10.5. The molecule has 0 bridgehead atoms. The molecule has 0 aliphatic rings. The molecule has 0 spiro atoms. The summed E-state index contributed by atoms with van der Waals surface area (Å²) in [4.78, 5) is 22.5. The van der Waals surface area contributed by atoms with E-state index in [4.69, 9.17) is 9.26 Å². The van der Waals surface area contributed by atoms with Gasteiger partial charge in [-0.15, -0.1) is 0 Å². The van der Waals surface area contributed by atoms with Crippen molar-refractivity contribution in [3.8, 4) is 5.75 Å². The number of hydrogen-bond acceptors (Lipinski definition) is 6. The summed E-state index contributed by atoms with van der Waals surface area (Å²) in [5.41, 5.74) is 2.68. The zero-order valence-electron chi connectivity index (χ0n) is 15.9. The number of aromatic nitrogens is 1. The van der Waals surface area contributed by atoms with Crippen molar-refractivity contribution in [1.29, 1.82) is 0 Å². The van der Waals surface area contributed by atoms with Crippen molar-refractivity contribution in [3.05, 3.63) is 81.2 Å². The van der Waals surface area contributed by atoms with E-state index in [0.29, 0.717) is 11.4 Å². The number of rotatable bonds is 7. The molecule has 1 heterocycles. The Bertz CT molecular complexity index is 1040. The highest BCUT2D eigenvalue weighted by Crippen LogP contribution is 2.25. The summed E-state index contributed by atoms with van der Waals surface area (Å²) in [5, 5.41) is 17.4. The zero-order valence-corrected chi connectivity index (χ0v) is 15.9. The quantitative estimate of drug-likeness (QED) is 0.471.